The number of anilines is 3. The highest BCUT2D eigenvalue weighted by atomic mass is 19.1. The van der Waals surface area contributed by atoms with E-state index in [0.29, 0.717) is 31.5 Å². The zero-order valence-electron chi connectivity index (χ0n) is 20.5. The van der Waals surface area contributed by atoms with Crippen LogP contribution in [-0.4, -0.2) is 77.1 Å². The molecule has 2 fully saturated rings. The summed E-state index contributed by atoms with van der Waals surface area (Å²) in [4.78, 5) is 14.7. The van der Waals surface area contributed by atoms with E-state index in [1.54, 1.807) is 12.1 Å². The third-order valence-corrected chi connectivity index (χ3v) is 6.63. The van der Waals surface area contributed by atoms with Gasteiger partial charge in [-0.05, 0) is 57.1 Å². The first-order valence-electron chi connectivity index (χ1n) is 12.8. The van der Waals surface area contributed by atoms with Crippen LogP contribution in [0.25, 0.3) is 11.0 Å². The minimum Gasteiger partial charge on any atom is -0.380 e. The Morgan fingerprint density at radius 1 is 1.03 bits per heavy atom. The van der Waals surface area contributed by atoms with Gasteiger partial charge in [0.05, 0.1) is 13.2 Å². The van der Waals surface area contributed by atoms with Crippen LogP contribution in [0.15, 0.2) is 24.3 Å². The smallest absolute Gasteiger partial charge is 0.228 e. The van der Waals surface area contributed by atoms with E-state index in [2.05, 4.69) is 20.4 Å². The third-order valence-electron chi connectivity index (χ3n) is 6.63. The molecule has 0 atom stereocenters. The van der Waals surface area contributed by atoms with Crippen LogP contribution < -0.4 is 15.5 Å². The number of hydrogen-bond acceptors (Lipinski definition) is 8. The highest BCUT2D eigenvalue weighted by molar-refractivity contribution is 5.90. The monoisotopic (exact) mass is 482 g/mol. The van der Waals surface area contributed by atoms with Gasteiger partial charge in [-0.2, -0.15) is 10.1 Å². The summed E-state index contributed by atoms with van der Waals surface area (Å²) < 4.78 is 21.2. The maximum absolute atomic E-state index is 13.5. The van der Waals surface area contributed by atoms with Gasteiger partial charge in [-0.3, -0.25) is 9.58 Å². The Balaban J connectivity index is 1.58. The molecule has 2 aliphatic heterocycles. The molecule has 5 rings (SSSR count). The van der Waals surface area contributed by atoms with E-state index in [0.717, 1.165) is 68.2 Å². The largest absolute Gasteiger partial charge is 0.380 e. The van der Waals surface area contributed by atoms with E-state index >= 15 is 0 Å². The molecule has 2 aromatic heterocycles. The van der Waals surface area contributed by atoms with Gasteiger partial charge in [-0.1, -0.05) is 6.42 Å². The molecule has 0 amide bonds. The second kappa shape index (κ2) is 11.3. The minimum absolute atomic E-state index is 0.268. The standard InChI is InChI=1S/C25H35FN8O/c1-2-35-17-16-34-23-22(21(31-34)18-32-12-4-3-5-13-32)29-25(33-14-10-27-11-15-33)30-24(23)28-20-8-6-19(26)7-9-20/h6-9,27H,2-5,10-18H2,1H3,(H,28,29,30). The molecule has 0 bridgehead atoms. The molecule has 0 unspecified atom stereocenters. The Kier molecular flexibility index (Phi) is 7.70. The van der Waals surface area contributed by atoms with Gasteiger partial charge in [-0.25, -0.2) is 9.37 Å². The summed E-state index contributed by atoms with van der Waals surface area (Å²) >= 11 is 0. The molecule has 0 spiro atoms. The number of piperazine rings is 1. The van der Waals surface area contributed by atoms with Crippen LogP contribution in [-0.2, 0) is 17.8 Å². The summed E-state index contributed by atoms with van der Waals surface area (Å²) in [7, 11) is 0. The summed E-state index contributed by atoms with van der Waals surface area (Å²) in [5, 5.41) is 11.8. The number of benzene rings is 1. The number of piperidine rings is 1. The minimum atomic E-state index is -0.268. The Bertz CT molecular complexity index is 1110. The fraction of sp³-hybridized carbons (Fsp3) is 0.560. The number of fused-ring (bicyclic) bond motifs is 1. The van der Waals surface area contributed by atoms with Crippen molar-refractivity contribution in [2.75, 3.05) is 62.7 Å². The van der Waals surface area contributed by atoms with Crippen LogP contribution in [0, 0.1) is 5.82 Å². The van der Waals surface area contributed by atoms with Gasteiger partial charge in [-0.15, -0.1) is 0 Å². The van der Waals surface area contributed by atoms with Crippen molar-refractivity contribution in [2.45, 2.75) is 39.3 Å². The molecule has 2 N–H and O–H groups in total. The number of rotatable bonds is 9. The van der Waals surface area contributed by atoms with E-state index in [1.807, 2.05) is 11.6 Å². The Morgan fingerprint density at radius 2 is 1.80 bits per heavy atom. The molecule has 0 radical (unpaired) electrons. The topological polar surface area (TPSA) is 83.4 Å². The van der Waals surface area contributed by atoms with Gasteiger partial charge in [0.2, 0.25) is 5.95 Å². The molecule has 4 heterocycles. The fourth-order valence-corrected chi connectivity index (χ4v) is 4.79. The Hall–Kier alpha value is -2.82. The average molecular weight is 483 g/mol. The van der Waals surface area contributed by atoms with E-state index < -0.39 is 0 Å². The average Bonchev–Trinajstić information content (AvgIpc) is 3.24. The molecule has 9 nitrogen and oxygen atoms in total. The number of aromatic nitrogens is 4. The molecule has 3 aromatic rings. The van der Waals surface area contributed by atoms with Gasteiger partial charge in [0.25, 0.3) is 0 Å². The first-order valence-corrected chi connectivity index (χ1v) is 12.8. The molecule has 2 aliphatic rings. The van der Waals surface area contributed by atoms with Crippen molar-refractivity contribution in [1.82, 2.24) is 30.0 Å². The molecule has 0 saturated carbocycles. The van der Waals surface area contributed by atoms with E-state index in [1.165, 1.54) is 31.4 Å². The van der Waals surface area contributed by atoms with Gasteiger partial charge >= 0.3 is 0 Å². The lowest BCUT2D eigenvalue weighted by molar-refractivity contribution is 0.137. The third kappa shape index (κ3) is 5.71. The number of nitrogens with zero attached hydrogens (tertiary/aromatic N) is 6. The highest BCUT2D eigenvalue weighted by Crippen LogP contribution is 2.30. The van der Waals surface area contributed by atoms with Crippen molar-refractivity contribution < 1.29 is 9.13 Å². The molecule has 10 heteroatoms. The number of ether oxygens (including phenoxy) is 1. The predicted octanol–water partition coefficient (Wildman–Crippen LogP) is 3.14. The number of nitrogens with one attached hydrogen (secondary N) is 2. The zero-order chi connectivity index (χ0) is 24.0. The summed E-state index contributed by atoms with van der Waals surface area (Å²) in [6, 6.07) is 6.35. The van der Waals surface area contributed by atoms with Gasteiger partial charge in [0.1, 0.15) is 22.5 Å². The van der Waals surface area contributed by atoms with E-state index in [-0.39, 0.29) is 5.82 Å². The fourth-order valence-electron chi connectivity index (χ4n) is 4.79. The second-order valence-corrected chi connectivity index (χ2v) is 9.14. The summed E-state index contributed by atoms with van der Waals surface area (Å²) in [5.74, 6) is 1.12. The van der Waals surface area contributed by atoms with Crippen LogP contribution in [0.3, 0.4) is 0 Å². The second-order valence-electron chi connectivity index (χ2n) is 9.14. The van der Waals surface area contributed by atoms with Crippen molar-refractivity contribution in [3.05, 3.63) is 35.8 Å². The van der Waals surface area contributed by atoms with Crippen LogP contribution in [0.2, 0.25) is 0 Å². The SMILES string of the molecule is CCOCCn1nc(CN2CCCCC2)c2nc(N3CCNCC3)nc(Nc3ccc(F)cc3)c21. The maximum Gasteiger partial charge on any atom is 0.228 e. The molecular weight excluding hydrogens is 447 g/mol. The quantitative estimate of drug-likeness (QED) is 0.450. The summed E-state index contributed by atoms with van der Waals surface area (Å²) in [5.41, 5.74) is 3.48. The Morgan fingerprint density at radius 3 is 2.54 bits per heavy atom. The lowest BCUT2D eigenvalue weighted by Gasteiger charge is -2.28. The predicted molar refractivity (Wildman–Crippen MR) is 136 cm³/mol. The maximum atomic E-state index is 13.5. The number of hydrogen-bond donors (Lipinski definition) is 2. The lowest BCUT2D eigenvalue weighted by atomic mass is 10.1. The van der Waals surface area contributed by atoms with Gasteiger partial charge in [0.15, 0.2) is 5.82 Å². The van der Waals surface area contributed by atoms with Crippen LogP contribution >= 0.6 is 0 Å². The number of halogens is 1. The number of likely N-dealkylation sites (tertiary alicyclic amines) is 1. The highest BCUT2D eigenvalue weighted by Gasteiger charge is 2.24. The van der Waals surface area contributed by atoms with Crippen molar-refractivity contribution in [2.24, 2.45) is 0 Å². The van der Waals surface area contributed by atoms with E-state index in [4.69, 9.17) is 19.8 Å². The zero-order valence-corrected chi connectivity index (χ0v) is 20.5. The summed E-state index contributed by atoms with van der Waals surface area (Å²) in [6.45, 7) is 10.3. The van der Waals surface area contributed by atoms with Gasteiger partial charge in [0, 0.05) is 45.0 Å². The van der Waals surface area contributed by atoms with Crippen molar-refractivity contribution in [1.29, 1.82) is 0 Å². The summed E-state index contributed by atoms with van der Waals surface area (Å²) in [6.07, 6.45) is 3.74. The Labute approximate surface area is 205 Å². The molecule has 1 aromatic carbocycles. The molecule has 0 aliphatic carbocycles. The van der Waals surface area contributed by atoms with E-state index in [9.17, 15) is 4.39 Å². The normalized spacial score (nSPS) is 17.3. The van der Waals surface area contributed by atoms with Crippen LogP contribution in [0.4, 0.5) is 21.8 Å². The van der Waals surface area contributed by atoms with Crippen molar-refractivity contribution in [3.63, 3.8) is 0 Å². The lowest BCUT2D eigenvalue weighted by Crippen LogP contribution is -2.44. The first kappa shape index (κ1) is 23.9. The molecular formula is C25H35FN8O. The molecule has 2 saturated heterocycles. The molecule has 188 valence electrons. The van der Waals surface area contributed by atoms with Crippen molar-refractivity contribution in [3.8, 4) is 0 Å². The van der Waals surface area contributed by atoms with Gasteiger partial charge < -0.3 is 20.3 Å². The molecule has 35 heavy (non-hydrogen) atoms. The first-order chi connectivity index (χ1) is 17.2. The van der Waals surface area contributed by atoms with Crippen LogP contribution in [0.5, 0.6) is 0 Å². The van der Waals surface area contributed by atoms with Crippen molar-refractivity contribution >= 4 is 28.5 Å². The van der Waals surface area contributed by atoms with Crippen LogP contribution in [0.1, 0.15) is 31.9 Å².